The molecule has 1 heterocycles. The van der Waals surface area contributed by atoms with Gasteiger partial charge in [0.25, 0.3) is 5.91 Å². The predicted octanol–water partition coefficient (Wildman–Crippen LogP) is 3.51. The molecule has 0 unspecified atom stereocenters. The molecule has 0 aliphatic rings. The van der Waals surface area contributed by atoms with E-state index in [9.17, 15) is 9.18 Å². The van der Waals surface area contributed by atoms with Crippen LogP contribution in [0.1, 0.15) is 10.4 Å². The van der Waals surface area contributed by atoms with E-state index in [4.69, 9.17) is 5.73 Å². The first-order valence-corrected chi connectivity index (χ1v) is 7.64. The van der Waals surface area contributed by atoms with Crippen molar-refractivity contribution in [2.24, 2.45) is 0 Å². The topological polar surface area (TPSA) is 73.8 Å². The third kappa shape index (κ3) is 2.63. The summed E-state index contributed by atoms with van der Waals surface area (Å²) in [5, 5.41) is 5.96. The van der Waals surface area contributed by atoms with Gasteiger partial charge in [-0.25, -0.2) is 4.39 Å². The number of nitrogens with two attached hydrogens (primary N) is 1. The minimum absolute atomic E-state index is 0.0164. The highest BCUT2D eigenvalue weighted by molar-refractivity contribution is 6.08. The van der Waals surface area contributed by atoms with Crippen LogP contribution in [0.2, 0.25) is 0 Å². The van der Waals surface area contributed by atoms with Crippen molar-refractivity contribution in [1.82, 2.24) is 14.8 Å². The zero-order chi connectivity index (χ0) is 17.4. The molecule has 0 aliphatic heterocycles. The Morgan fingerprint density at radius 3 is 2.48 bits per heavy atom. The first-order valence-electron chi connectivity index (χ1n) is 7.64. The van der Waals surface area contributed by atoms with E-state index in [1.807, 2.05) is 36.4 Å². The van der Waals surface area contributed by atoms with E-state index >= 15 is 0 Å². The number of fused-ring (bicyclic) bond motifs is 1. The summed E-state index contributed by atoms with van der Waals surface area (Å²) in [5.41, 5.74) is 6.95. The smallest absolute Gasteiger partial charge is 0.282 e. The van der Waals surface area contributed by atoms with Gasteiger partial charge in [-0.3, -0.25) is 4.79 Å². The Hall–Kier alpha value is -3.54. The second-order valence-electron chi connectivity index (χ2n) is 5.54. The zero-order valence-electron chi connectivity index (χ0n) is 13.1. The number of hydrogen-bond donors (Lipinski definition) is 1. The highest BCUT2D eigenvalue weighted by Gasteiger charge is 2.18. The van der Waals surface area contributed by atoms with Gasteiger partial charge in [0, 0.05) is 11.1 Å². The van der Waals surface area contributed by atoms with Gasteiger partial charge in [-0.15, -0.1) is 5.10 Å². The van der Waals surface area contributed by atoms with E-state index in [1.165, 1.54) is 24.3 Å². The lowest BCUT2D eigenvalue weighted by Gasteiger charge is -2.05. The Morgan fingerprint density at radius 2 is 1.68 bits per heavy atom. The SMILES string of the molecule is Nc1nc(-c2ccc(F)cc2)nn1C(=O)c1cccc2ccccc12. The zero-order valence-corrected chi connectivity index (χ0v) is 13.1. The summed E-state index contributed by atoms with van der Waals surface area (Å²) in [6.07, 6.45) is 0. The number of hydrogen-bond acceptors (Lipinski definition) is 4. The predicted molar refractivity (Wildman–Crippen MR) is 93.5 cm³/mol. The normalized spacial score (nSPS) is 10.9. The molecule has 0 spiro atoms. The summed E-state index contributed by atoms with van der Waals surface area (Å²) in [7, 11) is 0. The lowest BCUT2D eigenvalue weighted by molar-refractivity contribution is 0.0949. The minimum atomic E-state index is -0.366. The van der Waals surface area contributed by atoms with E-state index in [0.29, 0.717) is 11.1 Å². The molecule has 0 radical (unpaired) electrons. The summed E-state index contributed by atoms with van der Waals surface area (Å²) < 4.78 is 14.1. The van der Waals surface area contributed by atoms with E-state index in [2.05, 4.69) is 10.1 Å². The van der Waals surface area contributed by atoms with Crippen LogP contribution in [-0.4, -0.2) is 20.7 Å². The number of aromatic nitrogens is 3. The lowest BCUT2D eigenvalue weighted by atomic mass is 10.0. The average Bonchev–Trinajstić information content (AvgIpc) is 3.03. The second-order valence-corrected chi connectivity index (χ2v) is 5.54. The monoisotopic (exact) mass is 332 g/mol. The van der Waals surface area contributed by atoms with Crippen LogP contribution in [0.5, 0.6) is 0 Å². The maximum absolute atomic E-state index is 13.1. The van der Waals surface area contributed by atoms with Crippen LogP contribution in [0.25, 0.3) is 22.2 Å². The maximum Gasteiger partial charge on any atom is 0.282 e. The molecule has 1 aromatic heterocycles. The lowest BCUT2D eigenvalue weighted by Crippen LogP contribution is -2.16. The van der Waals surface area contributed by atoms with Crippen LogP contribution < -0.4 is 5.73 Å². The van der Waals surface area contributed by atoms with Gasteiger partial charge in [0.1, 0.15) is 5.82 Å². The molecule has 0 saturated carbocycles. The molecule has 2 N–H and O–H groups in total. The first-order chi connectivity index (χ1) is 12.1. The van der Waals surface area contributed by atoms with Gasteiger partial charge in [-0.05, 0) is 41.1 Å². The molecule has 0 atom stereocenters. The maximum atomic E-state index is 13.1. The van der Waals surface area contributed by atoms with Crippen molar-refractivity contribution in [2.45, 2.75) is 0 Å². The van der Waals surface area contributed by atoms with Gasteiger partial charge in [0.15, 0.2) is 5.82 Å². The number of nitrogen functional groups attached to an aromatic ring is 1. The van der Waals surface area contributed by atoms with Gasteiger partial charge in [0.05, 0.1) is 0 Å². The molecule has 6 heteroatoms. The van der Waals surface area contributed by atoms with Crippen LogP contribution in [0.3, 0.4) is 0 Å². The van der Waals surface area contributed by atoms with Crippen molar-refractivity contribution in [1.29, 1.82) is 0 Å². The summed E-state index contributed by atoms with van der Waals surface area (Å²) in [4.78, 5) is 17.0. The average molecular weight is 332 g/mol. The number of carbonyl (C=O) groups is 1. The molecule has 25 heavy (non-hydrogen) atoms. The van der Waals surface area contributed by atoms with Crippen molar-refractivity contribution in [2.75, 3.05) is 5.73 Å². The number of rotatable bonds is 2. The molecule has 5 nitrogen and oxygen atoms in total. The Kier molecular flexibility index (Phi) is 3.50. The molecule has 4 aromatic rings. The van der Waals surface area contributed by atoms with Gasteiger partial charge >= 0.3 is 0 Å². The minimum Gasteiger partial charge on any atom is -0.368 e. The molecular formula is C19H13FN4O. The number of halogens is 1. The Bertz CT molecular complexity index is 1080. The van der Waals surface area contributed by atoms with E-state index < -0.39 is 0 Å². The Balaban J connectivity index is 1.79. The quantitative estimate of drug-likeness (QED) is 0.609. The van der Waals surface area contributed by atoms with Crippen LogP contribution in [0.15, 0.2) is 66.7 Å². The molecule has 0 aliphatic carbocycles. The van der Waals surface area contributed by atoms with Crippen LogP contribution in [0, 0.1) is 5.82 Å². The van der Waals surface area contributed by atoms with Crippen molar-refractivity contribution in [3.8, 4) is 11.4 Å². The second kappa shape index (κ2) is 5.83. The van der Waals surface area contributed by atoms with Crippen molar-refractivity contribution < 1.29 is 9.18 Å². The number of benzene rings is 3. The largest absolute Gasteiger partial charge is 0.368 e. The standard InChI is InChI=1S/C19H13FN4O/c20-14-10-8-13(9-11-14)17-22-19(21)24(23-17)18(25)16-7-3-5-12-4-1-2-6-15(12)16/h1-11H,(H2,21,22,23). The number of anilines is 1. The number of nitrogens with zero attached hydrogens (tertiary/aromatic N) is 3. The summed E-state index contributed by atoms with van der Waals surface area (Å²) in [6.45, 7) is 0. The van der Waals surface area contributed by atoms with Crippen LogP contribution >= 0.6 is 0 Å². The summed E-state index contributed by atoms with van der Waals surface area (Å²) >= 11 is 0. The third-order valence-electron chi connectivity index (χ3n) is 3.95. The Labute approximate surface area is 142 Å². The molecule has 122 valence electrons. The van der Waals surface area contributed by atoms with Gasteiger partial charge in [-0.1, -0.05) is 36.4 Å². The molecule has 0 amide bonds. The van der Waals surface area contributed by atoms with Gasteiger partial charge in [0.2, 0.25) is 5.95 Å². The summed E-state index contributed by atoms with van der Waals surface area (Å²) in [6, 6.07) is 18.7. The fourth-order valence-corrected chi connectivity index (χ4v) is 2.72. The molecule has 3 aromatic carbocycles. The van der Waals surface area contributed by atoms with Crippen molar-refractivity contribution >= 4 is 22.6 Å². The van der Waals surface area contributed by atoms with Gasteiger partial charge in [-0.2, -0.15) is 9.67 Å². The molecule has 0 fully saturated rings. The Morgan fingerprint density at radius 1 is 0.960 bits per heavy atom. The van der Waals surface area contributed by atoms with Crippen LogP contribution in [-0.2, 0) is 0 Å². The highest BCUT2D eigenvalue weighted by atomic mass is 19.1. The highest BCUT2D eigenvalue weighted by Crippen LogP contribution is 2.22. The molecule has 0 saturated heterocycles. The fourth-order valence-electron chi connectivity index (χ4n) is 2.72. The van der Waals surface area contributed by atoms with Crippen LogP contribution in [0.4, 0.5) is 10.3 Å². The van der Waals surface area contributed by atoms with E-state index in [-0.39, 0.29) is 23.5 Å². The number of carbonyl (C=O) groups excluding carboxylic acids is 1. The van der Waals surface area contributed by atoms with E-state index in [1.54, 1.807) is 6.07 Å². The van der Waals surface area contributed by atoms with E-state index in [0.717, 1.165) is 15.5 Å². The molecular weight excluding hydrogens is 319 g/mol. The summed E-state index contributed by atoms with van der Waals surface area (Å²) in [5.74, 6) is -0.471. The van der Waals surface area contributed by atoms with Crippen molar-refractivity contribution in [3.05, 3.63) is 78.1 Å². The molecule has 4 rings (SSSR count). The van der Waals surface area contributed by atoms with Gasteiger partial charge < -0.3 is 5.73 Å². The first kappa shape index (κ1) is 15.0. The molecule has 0 bridgehead atoms. The fraction of sp³-hybridized carbons (Fsp3) is 0. The van der Waals surface area contributed by atoms with Crippen molar-refractivity contribution in [3.63, 3.8) is 0 Å². The third-order valence-corrected chi connectivity index (χ3v) is 3.95.